The summed E-state index contributed by atoms with van der Waals surface area (Å²) in [4.78, 5) is 11.6. The van der Waals surface area contributed by atoms with Crippen molar-refractivity contribution in [3.05, 3.63) is 0 Å². The lowest BCUT2D eigenvalue weighted by molar-refractivity contribution is -0.149. The molecule has 0 aromatic heterocycles. The SMILES string of the molecule is CCOC(=O)C1CCN(S(=O)(=O)NC(CC)CCO)CC1. The fourth-order valence-electron chi connectivity index (χ4n) is 2.38. The summed E-state index contributed by atoms with van der Waals surface area (Å²) in [5.74, 6) is -0.454. The van der Waals surface area contributed by atoms with Crippen LogP contribution in [-0.2, 0) is 19.7 Å². The third-order valence-corrected chi connectivity index (χ3v) is 5.38. The fraction of sp³-hybridized carbons (Fsp3) is 0.923. The van der Waals surface area contributed by atoms with Crippen LogP contribution in [0.3, 0.4) is 0 Å². The van der Waals surface area contributed by atoms with Gasteiger partial charge in [0.15, 0.2) is 0 Å². The van der Waals surface area contributed by atoms with E-state index in [1.807, 2.05) is 6.92 Å². The zero-order chi connectivity index (χ0) is 15.9. The van der Waals surface area contributed by atoms with Gasteiger partial charge in [0.1, 0.15) is 0 Å². The Morgan fingerprint density at radius 2 is 2.00 bits per heavy atom. The molecule has 0 aromatic rings. The molecule has 0 amide bonds. The van der Waals surface area contributed by atoms with Crippen molar-refractivity contribution < 1.29 is 23.1 Å². The number of carbonyl (C=O) groups excluding carboxylic acids is 1. The van der Waals surface area contributed by atoms with Crippen molar-refractivity contribution in [3.63, 3.8) is 0 Å². The molecule has 1 unspecified atom stereocenters. The van der Waals surface area contributed by atoms with Crippen LogP contribution in [0.25, 0.3) is 0 Å². The Hall–Kier alpha value is -0.700. The van der Waals surface area contributed by atoms with Gasteiger partial charge in [0.25, 0.3) is 10.2 Å². The molecule has 0 radical (unpaired) electrons. The number of nitrogens with one attached hydrogen (secondary N) is 1. The normalized spacial score (nSPS) is 19.4. The Bertz CT molecular complexity index is 418. The van der Waals surface area contributed by atoms with Crippen LogP contribution >= 0.6 is 0 Å². The van der Waals surface area contributed by atoms with Crippen molar-refractivity contribution >= 4 is 16.2 Å². The van der Waals surface area contributed by atoms with Crippen LogP contribution < -0.4 is 4.72 Å². The Kier molecular flexibility index (Phi) is 7.58. The summed E-state index contributed by atoms with van der Waals surface area (Å²) >= 11 is 0. The lowest BCUT2D eigenvalue weighted by atomic mass is 9.98. The van der Waals surface area contributed by atoms with Gasteiger partial charge in [-0.1, -0.05) is 6.92 Å². The zero-order valence-electron chi connectivity index (χ0n) is 12.7. The zero-order valence-corrected chi connectivity index (χ0v) is 13.6. The molecule has 1 saturated heterocycles. The maximum absolute atomic E-state index is 12.2. The van der Waals surface area contributed by atoms with Crippen LogP contribution in [0.1, 0.15) is 39.5 Å². The van der Waals surface area contributed by atoms with Crippen LogP contribution in [-0.4, -0.2) is 56.1 Å². The average molecular weight is 322 g/mol. The van der Waals surface area contributed by atoms with E-state index in [9.17, 15) is 13.2 Å². The highest BCUT2D eigenvalue weighted by molar-refractivity contribution is 7.87. The van der Waals surface area contributed by atoms with Crippen LogP contribution in [0.2, 0.25) is 0 Å². The van der Waals surface area contributed by atoms with Crippen LogP contribution in [0.5, 0.6) is 0 Å². The molecule has 1 rings (SSSR count). The summed E-state index contributed by atoms with van der Waals surface area (Å²) in [7, 11) is -3.56. The summed E-state index contributed by atoms with van der Waals surface area (Å²) in [5, 5.41) is 8.92. The minimum absolute atomic E-state index is 0.0496. The monoisotopic (exact) mass is 322 g/mol. The lowest BCUT2D eigenvalue weighted by Crippen LogP contribution is -2.49. The van der Waals surface area contributed by atoms with Gasteiger partial charge in [-0.25, -0.2) is 0 Å². The van der Waals surface area contributed by atoms with E-state index < -0.39 is 10.2 Å². The second-order valence-corrected chi connectivity index (χ2v) is 6.87. The highest BCUT2D eigenvalue weighted by Gasteiger charge is 2.32. The number of aliphatic hydroxyl groups is 1. The molecule has 1 aliphatic rings. The van der Waals surface area contributed by atoms with E-state index in [2.05, 4.69) is 4.72 Å². The molecule has 0 aromatic carbocycles. The minimum atomic E-state index is -3.56. The third kappa shape index (κ3) is 5.54. The van der Waals surface area contributed by atoms with E-state index in [4.69, 9.17) is 9.84 Å². The van der Waals surface area contributed by atoms with Gasteiger partial charge in [0.05, 0.1) is 12.5 Å². The number of nitrogens with zero attached hydrogens (tertiary/aromatic N) is 1. The number of hydrogen-bond donors (Lipinski definition) is 2. The first-order chi connectivity index (χ1) is 9.94. The summed E-state index contributed by atoms with van der Waals surface area (Å²) in [6.07, 6.45) is 1.99. The summed E-state index contributed by atoms with van der Waals surface area (Å²) in [6, 6.07) is -0.261. The van der Waals surface area contributed by atoms with Gasteiger partial charge in [0, 0.05) is 25.7 Å². The predicted octanol–water partition coefficient (Wildman–Crippen LogP) is 0.257. The maximum Gasteiger partial charge on any atom is 0.309 e. The second-order valence-electron chi connectivity index (χ2n) is 5.17. The number of aliphatic hydroxyl groups excluding tert-OH is 1. The first-order valence-corrected chi connectivity index (χ1v) is 8.93. The Morgan fingerprint density at radius 3 is 2.48 bits per heavy atom. The quantitative estimate of drug-likeness (QED) is 0.625. The van der Waals surface area contributed by atoms with Gasteiger partial charge in [-0.05, 0) is 32.6 Å². The van der Waals surface area contributed by atoms with Crippen molar-refractivity contribution in [2.45, 2.75) is 45.6 Å². The standard InChI is InChI=1S/C13H26N2O5S/c1-3-12(7-10-16)14-21(18,19)15-8-5-11(6-9-15)13(17)20-4-2/h11-12,14,16H,3-10H2,1-2H3. The largest absolute Gasteiger partial charge is 0.466 e. The molecule has 8 heteroatoms. The van der Waals surface area contributed by atoms with Crippen LogP contribution in [0.15, 0.2) is 0 Å². The highest BCUT2D eigenvalue weighted by atomic mass is 32.2. The third-order valence-electron chi connectivity index (χ3n) is 3.70. The Morgan fingerprint density at radius 1 is 1.38 bits per heavy atom. The number of piperidine rings is 1. The number of ether oxygens (including phenoxy) is 1. The van der Waals surface area contributed by atoms with E-state index in [0.717, 1.165) is 0 Å². The number of carbonyl (C=O) groups is 1. The summed E-state index contributed by atoms with van der Waals surface area (Å²) in [6.45, 7) is 4.55. The molecule has 1 fully saturated rings. The van der Waals surface area contributed by atoms with Crippen molar-refractivity contribution in [1.82, 2.24) is 9.03 Å². The van der Waals surface area contributed by atoms with E-state index in [1.165, 1.54) is 4.31 Å². The molecule has 0 spiro atoms. The topological polar surface area (TPSA) is 95.9 Å². The van der Waals surface area contributed by atoms with Crippen LogP contribution in [0.4, 0.5) is 0 Å². The van der Waals surface area contributed by atoms with Crippen molar-refractivity contribution in [3.8, 4) is 0 Å². The fourth-order valence-corrected chi connectivity index (χ4v) is 3.93. The molecular weight excluding hydrogens is 296 g/mol. The van der Waals surface area contributed by atoms with Gasteiger partial charge in [-0.3, -0.25) is 4.79 Å². The molecule has 124 valence electrons. The molecule has 1 atom stereocenters. The second kappa shape index (κ2) is 8.67. The Labute approximate surface area is 126 Å². The highest BCUT2D eigenvalue weighted by Crippen LogP contribution is 2.20. The molecule has 0 saturated carbocycles. The molecule has 0 aliphatic carbocycles. The van der Waals surface area contributed by atoms with E-state index >= 15 is 0 Å². The summed E-state index contributed by atoms with van der Waals surface area (Å²) in [5.41, 5.74) is 0. The molecular formula is C13H26N2O5S. The summed E-state index contributed by atoms with van der Waals surface area (Å²) < 4.78 is 33.4. The average Bonchev–Trinajstić information content (AvgIpc) is 2.47. The molecule has 7 nitrogen and oxygen atoms in total. The van der Waals surface area contributed by atoms with Gasteiger partial charge in [0.2, 0.25) is 0 Å². The van der Waals surface area contributed by atoms with Crippen molar-refractivity contribution in [1.29, 1.82) is 0 Å². The molecule has 2 N–H and O–H groups in total. The van der Waals surface area contributed by atoms with Crippen molar-refractivity contribution in [2.24, 2.45) is 5.92 Å². The van der Waals surface area contributed by atoms with Crippen molar-refractivity contribution in [2.75, 3.05) is 26.3 Å². The van der Waals surface area contributed by atoms with E-state index in [-0.39, 0.29) is 24.5 Å². The smallest absolute Gasteiger partial charge is 0.309 e. The van der Waals surface area contributed by atoms with Crippen LogP contribution in [0, 0.1) is 5.92 Å². The first kappa shape index (κ1) is 18.3. The Balaban J connectivity index is 2.53. The first-order valence-electron chi connectivity index (χ1n) is 7.49. The lowest BCUT2D eigenvalue weighted by Gasteiger charge is -2.31. The molecule has 1 heterocycles. The predicted molar refractivity (Wildman–Crippen MR) is 78.8 cm³/mol. The molecule has 1 aliphatic heterocycles. The maximum atomic E-state index is 12.2. The van der Waals surface area contributed by atoms with E-state index in [0.29, 0.717) is 45.4 Å². The van der Waals surface area contributed by atoms with Gasteiger partial charge >= 0.3 is 5.97 Å². The van der Waals surface area contributed by atoms with E-state index in [1.54, 1.807) is 6.92 Å². The number of rotatable bonds is 8. The number of hydrogen-bond acceptors (Lipinski definition) is 5. The number of esters is 1. The minimum Gasteiger partial charge on any atom is -0.466 e. The van der Waals surface area contributed by atoms with Gasteiger partial charge in [-0.15, -0.1) is 0 Å². The van der Waals surface area contributed by atoms with Gasteiger partial charge in [-0.2, -0.15) is 17.4 Å². The van der Waals surface area contributed by atoms with Gasteiger partial charge < -0.3 is 9.84 Å². The molecule has 21 heavy (non-hydrogen) atoms. The molecule has 0 bridgehead atoms.